The van der Waals surface area contributed by atoms with Crippen LogP contribution in [0.1, 0.15) is 55.2 Å². The number of halogens is 1. The summed E-state index contributed by atoms with van der Waals surface area (Å²) in [6.07, 6.45) is 2.22. The average Bonchev–Trinajstić information content (AvgIpc) is 2.54. The van der Waals surface area contributed by atoms with Gasteiger partial charge in [-0.3, -0.25) is 0 Å². The van der Waals surface area contributed by atoms with Crippen molar-refractivity contribution in [1.82, 2.24) is 0 Å². The number of phenolic OH excluding ortho intramolecular Hbond substituents is 1. The maximum absolute atomic E-state index is 9.48. The van der Waals surface area contributed by atoms with Crippen LogP contribution in [0, 0.1) is 0 Å². The van der Waals surface area contributed by atoms with Crippen LogP contribution in [-0.2, 0) is 5.33 Å². The predicted molar refractivity (Wildman–Crippen MR) is 93.2 cm³/mol. The van der Waals surface area contributed by atoms with Gasteiger partial charge >= 0.3 is 0 Å². The first kappa shape index (κ1) is 16.1. The van der Waals surface area contributed by atoms with Crippen molar-refractivity contribution in [2.75, 3.05) is 0 Å². The Balaban J connectivity index is 2.29. The fraction of sp³-hybridized carbons (Fsp3) is 0.368. The Labute approximate surface area is 136 Å². The second-order valence-corrected chi connectivity index (χ2v) is 6.06. The lowest BCUT2D eigenvalue weighted by Gasteiger charge is -2.26. The Hall–Kier alpha value is -1.28. The molecule has 1 nitrogen and oxygen atoms in total. The lowest BCUT2D eigenvalue weighted by Crippen LogP contribution is -2.10. The molecule has 0 unspecified atom stereocenters. The summed E-state index contributed by atoms with van der Waals surface area (Å²) >= 11 is 3.50. The first-order chi connectivity index (χ1) is 10.2. The van der Waals surface area contributed by atoms with Crippen molar-refractivity contribution in [3.63, 3.8) is 0 Å². The molecule has 0 saturated carbocycles. The zero-order valence-corrected chi connectivity index (χ0v) is 14.3. The van der Waals surface area contributed by atoms with E-state index in [0.29, 0.717) is 17.6 Å². The standard InChI is InChI=1S/C19H23BrO/c1-3-18(15-7-5-14(13-20)6-8-15)19(4-2)16-9-11-17(21)12-10-16/h5-12,18-19,21H,3-4,13H2,1-2H3/t18-,19+/m0/s1. The van der Waals surface area contributed by atoms with Gasteiger partial charge in [0, 0.05) is 5.33 Å². The summed E-state index contributed by atoms with van der Waals surface area (Å²) in [4.78, 5) is 0. The van der Waals surface area contributed by atoms with Crippen LogP contribution < -0.4 is 0 Å². The van der Waals surface area contributed by atoms with Crippen LogP contribution in [0.2, 0.25) is 0 Å². The SMILES string of the molecule is CC[C@H](c1ccc(O)cc1)[C@@H](CC)c1ccc(CBr)cc1. The molecule has 0 aromatic heterocycles. The van der Waals surface area contributed by atoms with E-state index in [-0.39, 0.29) is 0 Å². The maximum atomic E-state index is 9.48. The highest BCUT2D eigenvalue weighted by Gasteiger charge is 2.21. The molecule has 0 amide bonds. The minimum atomic E-state index is 0.336. The van der Waals surface area contributed by atoms with Crippen LogP contribution in [-0.4, -0.2) is 5.11 Å². The summed E-state index contributed by atoms with van der Waals surface area (Å²) in [5, 5.41) is 10.4. The van der Waals surface area contributed by atoms with Crippen molar-refractivity contribution in [3.8, 4) is 5.75 Å². The molecule has 0 aliphatic heterocycles. The van der Waals surface area contributed by atoms with Crippen LogP contribution in [0.3, 0.4) is 0 Å². The predicted octanol–water partition coefficient (Wildman–Crippen LogP) is 5.97. The average molecular weight is 347 g/mol. The quantitative estimate of drug-likeness (QED) is 0.638. The smallest absolute Gasteiger partial charge is 0.115 e. The van der Waals surface area contributed by atoms with Crippen molar-refractivity contribution >= 4 is 15.9 Å². The molecule has 0 saturated heterocycles. The van der Waals surface area contributed by atoms with Gasteiger partial charge in [-0.25, -0.2) is 0 Å². The van der Waals surface area contributed by atoms with Crippen LogP contribution in [0.5, 0.6) is 5.75 Å². The highest BCUT2D eigenvalue weighted by Crippen LogP contribution is 2.38. The Morgan fingerprint density at radius 3 is 1.62 bits per heavy atom. The maximum Gasteiger partial charge on any atom is 0.115 e. The molecule has 0 fully saturated rings. The zero-order valence-electron chi connectivity index (χ0n) is 12.7. The minimum absolute atomic E-state index is 0.336. The normalized spacial score (nSPS) is 13.9. The molecule has 2 rings (SSSR count). The molecule has 0 aliphatic carbocycles. The number of hydrogen-bond donors (Lipinski definition) is 1. The molecule has 1 N–H and O–H groups in total. The third-order valence-corrected chi connectivity index (χ3v) is 4.90. The van der Waals surface area contributed by atoms with E-state index in [4.69, 9.17) is 0 Å². The van der Waals surface area contributed by atoms with Gasteiger partial charge in [0.1, 0.15) is 5.75 Å². The summed E-state index contributed by atoms with van der Waals surface area (Å²) in [5.74, 6) is 1.35. The summed E-state index contributed by atoms with van der Waals surface area (Å²) < 4.78 is 0. The summed E-state index contributed by atoms with van der Waals surface area (Å²) in [6, 6.07) is 16.6. The Kier molecular flexibility index (Phi) is 5.86. The van der Waals surface area contributed by atoms with Gasteiger partial charge in [0.25, 0.3) is 0 Å². The molecule has 2 atom stereocenters. The van der Waals surface area contributed by atoms with E-state index in [1.807, 2.05) is 0 Å². The van der Waals surface area contributed by atoms with Gasteiger partial charge in [-0.1, -0.05) is 66.2 Å². The van der Waals surface area contributed by atoms with Gasteiger partial charge < -0.3 is 5.11 Å². The molecule has 2 aromatic carbocycles. The molecule has 2 heteroatoms. The highest BCUT2D eigenvalue weighted by atomic mass is 79.9. The molecule has 0 radical (unpaired) electrons. The Morgan fingerprint density at radius 2 is 1.24 bits per heavy atom. The number of aromatic hydroxyl groups is 1. The lowest BCUT2D eigenvalue weighted by atomic mass is 9.78. The van der Waals surface area contributed by atoms with E-state index in [1.165, 1.54) is 16.7 Å². The zero-order chi connectivity index (χ0) is 15.2. The van der Waals surface area contributed by atoms with Crippen molar-refractivity contribution in [2.45, 2.75) is 43.9 Å². The molecule has 2 aromatic rings. The van der Waals surface area contributed by atoms with Crippen LogP contribution >= 0.6 is 15.9 Å². The molecular weight excluding hydrogens is 324 g/mol. The molecule has 0 heterocycles. The first-order valence-electron chi connectivity index (χ1n) is 7.63. The van der Waals surface area contributed by atoms with Crippen LogP contribution in [0.25, 0.3) is 0 Å². The topological polar surface area (TPSA) is 20.2 Å². The molecule has 0 bridgehead atoms. The molecular formula is C19H23BrO. The second-order valence-electron chi connectivity index (χ2n) is 5.50. The number of benzene rings is 2. The van der Waals surface area contributed by atoms with Gasteiger partial charge in [0.05, 0.1) is 0 Å². The lowest BCUT2D eigenvalue weighted by molar-refractivity contribution is 0.473. The number of alkyl halides is 1. The highest BCUT2D eigenvalue weighted by molar-refractivity contribution is 9.08. The van der Waals surface area contributed by atoms with E-state index in [1.54, 1.807) is 12.1 Å². The first-order valence-corrected chi connectivity index (χ1v) is 8.75. The number of phenols is 1. The second kappa shape index (κ2) is 7.65. The fourth-order valence-corrected chi connectivity index (χ4v) is 3.45. The number of hydrogen-bond acceptors (Lipinski definition) is 1. The van der Waals surface area contributed by atoms with E-state index in [0.717, 1.165) is 18.2 Å². The third-order valence-electron chi connectivity index (χ3n) is 4.25. The molecule has 112 valence electrons. The van der Waals surface area contributed by atoms with Crippen molar-refractivity contribution in [3.05, 3.63) is 65.2 Å². The van der Waals surface area contributed by atoms with Gasteiger partial charge in [-0.05, 0) is 53.5 Å². The Bertz CT molecular complexity index is 545. The molecule has 21 heavy (non-hydrogen) atoms. The van der Waals surface area contributed by atoms with Gasteiger partial charge in [0.15, 0.2) is 0 Å². The van der Waals surface area contributed by atoms with Gasteiger partial charge in [-0.15, -0.1) is 0 Å². The summed E-state index contributed by atoms with van der Waals surface area (Å²) in [7, 11) is 0. The minimum Gasteiger partial charge on any atom is -0.508 e. The largest absolute Gasteiger partial charge is 0.508 e. The molecule has 0 aliphatic rings. The Morgan fingerprint density at radius 1 is 0.810 bits per heavy atom. The van der Waals surface area contributed by atoms with Crippen molar-refractivity contribution in [2.24, 2.45) is 0 Å². The van der Waals surface area contributed by atoms with Crippen molar-refractivity contribution < 1.29 is 5.11 Å². The number of rotatable bonds is 6. The van der Waals surface area contributed by atoms with Crippen LogP contribution in [0.15, 0.2) is 48.5 Å². The fourth-order valence-electron chi connectivity index (χ4n) is 3.08. The van der Waals surface area contributed by atoms with E-state index < -0.39 is 0 Å². The third kappa shape index (κ3) is 3.88. The van der Waals surface area contributed by atoms with Gasteiger partial charge in [-0.2, -0.15) is 0 Å². The van der Waals surface area contributed by atoms with E-state index in [9.17, 15) is 5.11 Å². The molecule has 0 spiro atoms. The monoisotopic (exact) mass is 346 g/mol. The van der Waals surface area contributed by atoms with Crippen molar-refractivity contribution in [1.29, 1.82) is 0 Å². The van der Waals surface area contributed by atoms with E-state index >= 15 is 0 Å². The summed E-state index contributed by atoms with van der Waals surface area (Å²) in [6.45, 7) is 4.50. The van der Waals surface area contributed by atoms with Gasteiger partial charge in [0.2, 0.25) is 0 Å². The van der Waals surface area contributed by atoms with Crippen LogP contribution in [0.4, 0.5) is 0 Å². The summed E-state index contributed by atoms with van der Waals surface area (Å²) in [5.41, 5.74) is 4.03. The van der Waals surface area contributed by atoms with E-state index in [2.05, 4.69) is 66.2 Å².